The van der Waals surface area contributed by atoms with E-state index in [9.17, 15) is 13.0 Å². The zero-order valence-corrected chi connectivity index (χ0v) is 17.8. The second kappa shape index (κ2) is 17.3. The van der Waals surface area contributed by atoms with Crippen molar-refractivity contribution in [1.82, 2.24) is 0 Å². The van der Waals surface area contributed by atoms with E-state index in [0.29, 0.717) is 12.8 Å². The molecule has 0 radical (unpaired) electrons. The molecule has 25 heavy (non-hydrogen) atoms. The van der Waals surface area contributed by atoms with Gasteiger partial charge < -0.3 is 0 Å². The van der Waals surface area contributed by atoms with Gasteiger partial charge in [-0.2, -0.15) is 8.42 Å². The maximum absolute atomic E-state index is 11.6. The highest BCUT2D eigenvalue weighted by Crippen LogP contribution is 2.19. The van der Waals surface area contributed by atoms with Crippen molar-refractivity contribution in [2.24, 2.45) is 0 Å². The van der Waals surface area contributed by atoms with Gasteiger partial charge >= 0.3 is 0 Å². The topological polar surface area (TPSA) is 54.4 Å². The Bertz CT molecular complexity index is 365. The van der Waals surface area contributed by atoms with Gasteiger partial charge in [0.15, 0.2) is 0 Å². The van der Waals surface area contributed by atoms with Crippen LogP contribution in [0.25, 0.3) is 0 Å². The minimum Gasteiger partial charge on any atom is -0.285 e. The number of rotatable bonds is 19. The third-order valence-electron chi connectivity index (χ3n) is 5.18. The van der Waals surface area contributed by atoms with Crippen molar-refractivity contribution in [2.75, 3.05) is 0 Å². The van der Waals surface area contributed by atoms with Gasteiger partial charge in [-0.15, -0.1) is 0 Å². The first kappa shape index (κ1) is 24.9. The summed E-state index contributed by atoms with van der Waals surface area (Å²) in [6.07, 6.45) is 20.6. The van der Waals surface area contributed by atoms with Crippen molar-refractivity contribution in [3.05, 3.63) is 0 Å². The second-order valence-corrected chi connectivity index (χ2v) is 9.36. The van der Waals surface area contributed by atoms with E-state index in [-0.39, 0.29) is 0 Å². The zero-order valence-electron chi connectivity index (χ0n) is 17.0. The lowest BCUT2D eigenvalue weighted by Gasteiger charge is -2.13. The largest absolute Gasteiger partial charge is 0.285 e. The second-order valence-electron chi connectivity index (χ2n) is 7.66. The Morgan fingerprint density at radius 2 is 0.840 bits per heavy atom. The molecule has 0 aromatic rings. The summed E-state index contributed by atoms with van der Waals surface area (Å²) in [4.78, 5) is 0. The summed E-state index contributed by atoms with van der Waals surface area (Å²) in [6, 6.07) is 0. The fraction of sp³-hybridized carbons (Fsp3) is 1.00. The van der Waals surface area contributed by atoms with E-state index in [2.05, 4.69) is 13.8 Å². The highest BCUT2D eigenvalue weighted by Gasteiger charge is 2.21. The lowest BCUT2D eigenvalue weighted by atomic mass is 10.0. The standard InChI is InChI=1S/C21H44O3S/c1-3-5-7-9-11-12-14-16-18-20-21(25(22,23)24)19-17-15-13-10-8-6-4-2/h21H,3-20H2,1-2H3,(H,22,23,24). The van der Waals surface area contributed by atoms with Gasteiger partial charge in [-0.25, -0.2) is 0 Å². The van der Waals surface area contributed by atoms with Gasteiger partial charge in [0.25, 0.3) is 10.1 Å². The Morgan fingerprint density at radius 1 is 0.560 bits per heavy atom. The average Bonchev–Trinajstić information content (AvgIpc) is 2.56. The molecule has 4 heteroatoms. The smallest absolute Gasteiger partial charge is 0.267 e. The van der Waals surface area contributed by atoms with Crippen LogP contribution in [-0.4, -0.2) is 18.2 Å². The highest BCUT2D eigenvalue weighted by atomic mass is 32.2. The first-order valence-electron chi connectivity index (χ1n) is 11.0. The van der Waals surface area contributed by atoms with Crippen molar-refractivity contribution in [1.29, 1.82) is 0 Å². The van der Waals surface area contributed by atoms with Crippen molar-refractivity contribution in [3.63, 3.8) is 0 Å². The molecule has 0 aliphatic heterocycles. The van der Waals surface area contributed by atoms with Crippen molar-refractivity contribution in [2.45, 2.75) is 135 Å². The Morgan fingerprint density at radius 3 is 1.12 bits per heavy atom. The van der Waals surface area contributed by atoms with E-state index in [0.717, 1.165) is 25.7 Å². The highest BCUT2D eigenvalue weighted by molar-refractivity contribution is 7.86. The van der Waals surface area contributed by atoms with E-state index in [1.54, 1.807) is 0 Å². The van der Waals surface area contributed by atoms with Crippen molar-refractivity contribution >= 4 is 10.1 Å². The van der Waals surface area contributed by atoms with Gasteiger partial charge in [0.1, 0.15) is 0 Å². The number of hydrogen-bond donors (Lipinski definition) is 1. The molecule has 1 unspecified atom stereocenters. The molecule has 0 amide bonds. The molecule has 0 aliphatic carbocycles. The molecule has 1 atom stereocenters. The Balaban J connectivity index is 3.69. The molecule has 0 saturated carbocycles. The molecule has 0 bridgehead atoms. The summed E-state index contributed by atoms with van der Waals surface area (Å²) < 4.78 is 32.6. The fourth-order valence-electron chi connectivity index (χ4n) is 3.45. The molecule has 0 spiro atoms. The maximum atomic E-state index is 11.6. The summed E-state index contributed by atoms with van der Waals surface area (Å²) in [5.41, 5.74) is 0. The molecule has 1 N–H and O–H groups in total. The van der Waals surface area contributed by atoms with Gasteiger partial charge in [0, 0.05) is 0 Å². The molecular weight excluding hydrogens is 332 g/mol. The van der Waals surface area contributed by atoms with E-state index in [1.165, 1.54) is 77.0 Å². The first-order chi connectivity index (χ1) is 12.0. The molecule has 0 heterocycles. The van der Waals surface area contributed by atoms with Crippen LogP contribution in [0, 0.1) is 0 Å². The van der Waals surface area contributed by atoms with Crippen molar-refractivity contribution < 1.29 is 13.0 Å². The monoisotopic (exact) mass is 376 g/mol. The summed E-state index contributed by atoms with van der Waals surface area (Å²) in [5.74, 6) is 0. The molecule has 0 aromatic carbocycles. The first-order valence-corrected chi connectivity index (χ1v) is 12.5. The predicted molar refractivity (Wildman–Crippen MR) is 110 cm³/mol. The summed E-state index contributed by atoms with van der Waals surface area (Å²) in [7, 11) is -3.87. The Labute approximate surface area is 158 Å². The summed E-state index contributed by atoms with van der Waals surface area (Å²) in [6.45, 7) is 4.45. The molecule has 0 aromatic heterocycles. The van der Waals surface area contributed by atoms with Crippen LogP contribution in [-0.2, 0) is 10.1 Å². The lowest BCUT2D eigenvalue weighted by molar-refractivity contribution is 0.442. The molecule has 0 fully saturated rings. The van der Waals surface area contributed by atoms with Crippen molar-refractivity contribution in [3.8, 4) is 0 Å². The van der Waals surface area contributed by atoms with Crippen LogP contribution >= 0.6 is 0 Å². The maximum Gasteiger partial charge on any atom is 0.267 e. The van der Waals surface area contributed by atoms with Crippen LogP contribution in [0.4, 0.5) is 0 Å². The van der Waals surface area contributed by atoms with Gasteiger partial charge in [0.2, 0.25) is 0 Å². The van der Waals surface area contributed by atoms with Gasteiger partial charge in [-0.3, -0.25) is 4.55 Å². The third-order valence-corrected chi connectivity index (χ3v) is 6.49. The fourth-order valence-corrected chi connectivity index (χ4v) is 4.38. The van der Waals surface area contributed by atoms with Crippen LogP contribution in [0.15, 0.2) is 0 Å². The normalized spacial score (nSPS) is 13.2. The Kier molecular flexibility index (Phi) is 17.3. The molecule has 0 aliphatic rings. The van der Waals surface area contributed by atoms with E-state index in [1.807, 2.05) is 0 Å². The summed E-state index contributed by atoms with van der Waals surface area (Å²) >= 11 is 0. The van der Waals surface area contributed by atoms with Crippen LogP contribution in [0.5, 0.6) is 0 Å². The van der Waals surface area contributed by atoms with Gasteiger partial charge in [-0.1, -0.05) is 117 Å². The minimum absolute atomic E-state index is 0.535. The number of hydrogen-bond acceptors (Lipinski definition) is 2. The van der Waals surface area contributed by atoms with Gasteiger partial charge in [0.05, 0.1) is 5.25 Å². The van der Waals surface area contributed by atoms with Crippen LogP contribution in [0.2, 0.25) is 0 Å². The predicted octanol–water partition coefficient (Wildman–Crippen LogP) is 7.30. The molecule has 3 nitrogen and oxygen atoms in total. The quantitative estimate of drug-likeness (QED) is 0.190. The van der Waals surface area contributed by atoms with Crippen LogP contribution in [0.1, 0.15) is 129 Å². The summed E-state index contributed by atoms with van der Waals surface area (Å²) in [5, 5.41) is -0.535. The number of unbranched alkanes of at least 4 members (excludes halogenated alkanes) is 14. The van der Waals surface area contributed by atoms with Gasteiger partial charge in [-0.05, 0) is 12.8 Å². The van der Waals surface area contributed by atoms with Crippen LogP contribution < -0.4 is 0 Å². The zero-order chi connectivity index (χ0) is 18.8. The van der Waals surface area contributed by atoms with Crippen LogP contribution in [0.3, 0.4) is 0 Å². The SMILES string of the molecule is CCCCCCCCCCCC(CCCCCCCCC)S(=O)(=O)O. The van der Waals surface area contributed by atoms with E-state index >= 15 is 0 Å². The molecule has 0 saturated heterocycles. The minimum atomic E-state index is -3.87. The van der Waals surface area contributed by atoms with E-state index < -0.39 is 15.4 Å². The lowest BCUT2D eigenvalue weighted by Crippen LogP contribution is -2.20. The third kappa shape index (κ3) is 17.1. The molecular formula is C21H44O3S. The Hall–Kier alpha value is -0.0900. The van der Waals surface area contributed by atoms with E-state index in [4.69, 9.17) is 0 Å². The molecule has 0 rings (SSSR count). The molecule has 152 valence electrons. The average molecular weight is 377 g/mol.